The third-order valence-corrected chi connectivity index (χ3v) is 6.25. The highest BCUT2D eigenvalue weighted by molar-refractivity contribution is 7.94. The summed E-state index contributed by atoms with van der Waals surface area (Å²) in [5, 5.41) is 9.04. The van der Waals surface area contributed by atoms with Gasteiger partial charge < -0.3 is 5.11 Å². The quantitative estimate of drug-likeness (QED) is 0.656. The van der Waals surface area contributed by atoms with Crippen LogP contribution in [0.4, 0.5) is 5.69 Å². The number of hydrogen-bond acceptors (Lipinski definition) is 6. The van der Waals surface area contributed by atoms with Crippen molar-refractivity contribution in [3.05, 3.63) is 60.8 Å². The van der Waals surface area contributed by atoms with Crippen LogP contribution in [0.1, 0.15) is 0 Å². The van der Waals surface area contributed by atoms with Crippen LogP contribution in [0.5, 0.6) is 5.75 Å². The molecule has 0 spiro atoms. The molecule has 1 aliphatic rings. The molecule has 0 bridgehead atoms. The third kappa shape index (κ3) is 2.59. The zero-order chi connectivity index (χ0) is 19.2. The smallest absolute Gasteiger partial charge is 0.274 e. The minimum Gasteiger partial charge on any atom is -0.506 e. The number of para-hydroxylation sites is 1. The number of amides is 2. The number of hydrogen-bond donors (Lipinski definition) is 2. The van der Waals surface area contributed by atoms with Gasteiger partial charge in [0.15, 0.2) is 9.84 Å². The van der Waals surface area contributed by atoms with E-state index in [-0.39, 0.29) is 21.5 Å². The summed E-state index contributed by atoms with van der Waals surface area (Å²) < 4.78 is 26.3. The molecular formula is C18H13N3O5S. The van der Waals surface area contributed by atoms with Crippen molar-refractivity contribution in [3.63, 3.8) is 0 Å². The van der Waals surface area contributed by atoms with E-state index in [9.17, 15) is 23.1 Å². The second kappa shape index (κ2) is 6.06. The predicted octanol–water partition coefficient (Wildman–Crippen LogP) is 1.16. The van der Waals surface area contributed by atoms with Crippen molar-refractivity contribution in [1.29, 1.82) is 0 Å². The zero-order valence-electron chi connectivity index (χ0n) is 13.7. The van der Waals surface area contributed by atoms with Crippen LogP contribution in [0, 0.1) is 0 Å². The summed E-state index contributed by atoms with van der Waals surface area (Å²) in [6.07, 6.45) is 1.41. The molecule has 4 rings (SSSR count). The number of carbonyl (C=O) groups is 2. The summed E-state index contributed by atoms with van der Waals surface area (Å²) in [6, 6.07) is 13.5. The van der Waals surface area contributed by atoms with Crippen LogP contribution in [0.2, 0.25) is 0 Å². The van der Waals surface area contributed by atoms with Crippen LogP contribution < -0.4 is 10.4 Å². The number of phenolic OH excluding ortho intramolecular Hbond substituents is 1. The molecule has 3 aromatic rings. The molecule has 0 unspecified atom stereocenters. The van der Waals surface area contributed by atoms with Crippen LogP contribution in [0.25, 0.3) is 10.9 Å². The van der Waals surface area contributed by atoms with E-state index in [0.717, 1.165) is 5.01 Å². The molecule has 1 atom stereocenters. The van der Waals surface area contributed by atoms with E-state index in [1.54, 1.807) is 30.3 Å². The average molecular weight is 383 g/mol. The molecule has 2 amide bonds. The Bertz CT molecular complexity index is 1180. The Kier molecular flexibility index (Phi) is 3.81. The zero-order valence-corrected chi connectivity index (χ0v) is 14.6. The maximum atomic E-state index is 13.1. The molecular weight excluding hydrogens is 370 g/mol. The lowest BCUT2D eigenvalue weighted by Crippen LogP contribution is -2.36. The number of hydrazine groups is 1. The van der Waals surface area contributed by atoms with E-state index in [2.05, 4.69) is 10.4 Å². The van der Waals surface area contributed by atoms with Gasteiger partial charge in [0, 0.05) is 11.6 Å². The molecule has 9 heteroatoms. The fraction of sp³-hybridized carbons (Fsp3) is 0.0556. The summed E-state index contributed by atoms with van der Waals surface area (Å²) in [7, 11) is -4.38. The minimum absolute atomic E-state index is 0.0735. The highest BCUT2D eigenvalue weighted by Gasteiger charge is 2.49. The lowest BCUT2D eigenvalue weighted by atomic mass is 10.2. The Morgan fingerprint density at radius 3 is 2.48 bits per heavy atom. The first-order valence-electron chi connectivity index (χ1n) is 7.91. The van der Waals surface area contributed by atoms with Gasteiger partial charge in [0.1, 0.15) is 11.3 Å². The first-order valence-corrected chi connectivity index (χ1v) is 9.46. The van der Waals surface area contributed by atoms with Crippen molar-refractivity contribution in [2.75, 3.05) is 5.01 Å². The fourth-order valence-electron chi connectivity index (χ4n) is 3.00. The number of nitrogens with one attached hydrogen (secondary N) is 1. The van der Waals surface area contributed by atoms with Crippen molar-refractivity contribution in [1.82, 2.24) is 10.4 Å². The number of fused-ring (bicyclic) bond motifs is 1. The molecule has 1 aliphatic heterocycles. The van der Waals surface area contributed by atoms with Crippen LogP contribution in [0.15, 0.2) is 65.7 Å². The van der Waals surface area contributed by atoms with Gasteiger partial charge in [0.2, 0.25) is 5.25 Å². The number of sulfone groups is 1. The number of aromatic nitrogens is 1. The number of aromatic hydroxyl groups is 1. The van der Waals surface area contributed by atoms with Crippen molar-refractivity contribution >= 4 is 38.2 Å². The third-order valence-electron chi connectivity index (χ3n) is 4.24. The van der Waals surface area contributed by atoms with Crippen molar-refractivity contribution < 1.29 is 23.1 Å². The van der Waals surface area contributed by atoms with Crippen LogP contribution in [0.3, 0.4) is 0 Å². The van der Waals surface area contributed by atoms with Crippen molar-refractivity contribution in [3.8, 4) is 5.75 Å². The maximum absolute atomic E-state index is 13.1. The van der Waals surface area contributed by atoms with Gasteiger partial charge in [-0.05, 0) is 36.4 Å². The molecule has 0 saturated carbocycles. The van der Waals surface area contributed by atoms with Crippen molar-refractivity contribution in [2.45, 2.75) is 10.1 Å². The van der Waals surface area contributed by atoms with Crippen LogP contribution >= 0.6 is 0 Å². The molecule has 27 heavy (non-hydrogen) atoms. The van der Waals surface area contributed by atoms with E-state index < -0.39 is 26.9 Å². The molecule has 1 fully saturated rings. The Morgan fingerprint density at radius 1 is 1.00 bits per heavy atom. The number of rotatable bonds is 3. The molecule has 2 N–H and O–H groups in total. The second-order valence-corrected chi connectivity index (χ2v) is 7.89. The maximum Gasteiger partial charge on any atom is 0.274 e. The second-order valence-electron chi connectivity index (χ2n) is 5.89. The van der Waals surface area contributed by atoms with Gasteiger partial charge in [-0.15, -0.1) is 0 Å². The van der Waals surface area contributed by atoms with Crippen molar-refractivity contribution in [2.24, 2.45) is 0 Å². The monoisotopic (exact) mass is 383 g/mol. The van der Waals surface area contributed by atoms with Gasteiger partial charge in [-0.2, -0.15) is 0 Å². The first kappa shape index (κ1) is 17.0. The van der Waals surface area contributed by atoms with Gasteiger partial charge in [0.25, 0.3) is 11.8 Å². The van der Waals surface area contributed by atoms with E-state index in [0.29, 0.717) is 5.69 Å². The Labute approximate surface area is 154 Å². The summed E-state index contributed by atoms with van der Waals surface area (Å²) in [5.41, 5.74) is 2.73. The number of anilines is 1. The molecule has 136 valence electrons. The number of nitrogens with zero attached hydrogens (tertiary/aromatic N) is 2. The first-order chi connectivity index (χ1) is 12.9. The number of pyridine rings is 1. The summed E-state index contributed by atoms with van der Waals surface area (Å²) in [4.78, 5) is 28.8. The minimum atomic E-state index is -4.38. The van der Waals surface area contributed by atoms with E-state index in [1.807, 2.05) is 0 Å². The largest absolute Gasteiger partial charge is 0.506 e. The van der Waals surface area contributed by atoms with Gasteiger partial charge in [-0.25, -0.2) is 13.4 Å². The summed E-state index contributed by atoms with van der Waals surface area (Å²) in [6.45, 7) is 0. The van der Waals surface area contributed by atoms with Gasteiger partial charge in [-0.3, -0.25) is 20.0 Å². The number of carbonyl (C=O) groups excluding carboxylic acids is 2. The molecule has 8 nitrogen and oxygen atoms in total. The highest BCUT2D eigenvalue weighted by Crippen LogP contribution is 2.32. The van der Waals surface area contributed by atoms with Gasteiger partial charge >= 0.3 is 0 Å². The lowest BCUT2D eigenvalue weighted by Gasteiger charge is -2.15. The number of phenols is 1. The Balaban J connectivity index is 1.83. The summed E-state index contributed by atoms with van der Waals surface area (Å²) >= 11 is 0. The Morgan fingerprint density at radius 2 is 1.74 bits per heavy atom. The highest BCUT2D eigenvalue weighted by atomic mass is 32.2. The molecule has 0 aliphatic carbocycles. The predicted molar refractivity (Wildman–Crippen MR) is 96.5 cm³/mol. The Hall–Kier alpha value is -3.46. The SMILES string of the molecule is O=C1NN(c2ccccc2)C(=O)[C@H]1S(=O)(=O)c1ccc(O)c2ncccc12. The van der Waals surface area contributed by atoms with E-state index >= 15 is 0 Å². The standard InChI is InChI=1S/C18H13N3O5S/c22-13-8-9-14(12-7-4-10-19-15(12)13)27(25,26)16-17(23)20-21(18(16)24)11-5-2-1-3-6-11/h1-10,16,22H,(H,20,23)/t16-/m0/s1. The molecule has 2 heterocycles. The number of benzene rings is 2. The normalized spacial score (nSPS) is 17.3. The fourth-order valence-corrected chi connectivity index (χ4v) is 4.69. The van der Waals surface area contributed by atoms with E-state index in [1.165, 1.54) is 30.5 Å². The average Bonchev–Trinajstić information content (AvgIpc) is 2.97. The van der Waals surface area contributed by atoms with Gasteiger partial charge in [0.05, 0.1) is 10.6 Å². The molecule has 2 aromatic carbocycles. The lowest BCUT2D eigenvalue weighted by molar-refractivity contribution is -0.121. The van der Waals surface area contributed by atoms with Crippen LogP contribution in [-0.2, 0) is 19.4 Å². The summed E-state index contributed by atoms with van der Waals surface area (Å²) in [5.74, 6) is -2.03. The van der Waals surface area contributed by atoms with Crippen LogP contribution in [-0.4, -0.2) is 35.6 Å². The molecule has 1 saturated heterocycles. The van der Waals surface area contributed by atoms with Gasteiger partial charge in [-0.1, -0.05) is 18.2 Å². The van der Waals surface area contributed by atoms with E-state index in [4.69, 9.17) is 0 Å². The molecule has 1 aromatic heterocycles. The topological polar surface area (TPSA) is 117 Å². The molecule has 0 radical (unpaired) electrons.